The van der Waals surface area contributed by atoms with Crippen molar-refractivity contribution < 1.29 is 9.53 Å². The molecule has 0 aliphatic carbocycles. The van der Waals surface area contributed by atoms with Gasteiger partial charge in [0.2, 0.25) is 5.91 Å². The zero-order valence-corrected chi connectivity index (χ0v) is 12.5. The lowest BCUT2D eigenvalue weighted by atomic mass is 10.1. The van der Waals surface area contributed by atoms with Gasteiger partial charge in [0, 0.05) is 13.5 Å². The zero-order chi connectivity index (χ0) is 15.0. The molecule has 20 heavy (non-hydrogen) atoms. The number of hydrogen-bond donors (Lipinski definition) is 1. The molecule has 3 nitrogen and oxygen atoms in total. The average Bonchev–Trinajstić information content (AvgIpc) is 2.41. The first kappa shape index (κ1) is 16.0. The van der Waals surface area contributed by atoms with Crippen LogP contribution in [0.4, 0.5) is 0 Å². The predicted molar refractivity (Wildman–Crippen MR) is 83.4 cm³/mol. The second kappa shape index (κ2) is 8.20. The normalized spacial score (nSPS) is 12.3. The molecule has 0 radical (unpaired) electrons. The molecule has 1 aromatic rings. The Labute approximate surface area is 120 Å². The van der Waals surface area contributed by atoms with Crippen LogP contribution >= 0.6 is 0 Å². The van der Waals surface area contributed by atoms with E-state index in [0.29, 0.717) is 12.3 Å². The van der Waals surface area contributed by atoms with Crippen LogP contribution in [0.5, 0.6) is 0 Å². The number of allylic oxidation sites excluding steroid dienone is 1. The summed E-state index contributed by atoms with van der Waals surface area (Å²) in [4.78, 5) is 11.0. The third kappa shape index (κ3) is 4.92. The van der Waals surface area contributed by atoms with Crippen molar-refractivity contribution in [2.24, 2.45) is 0 Å². The number of rotatable bonds is 6. The Kier molecular flexibility index (Phi) is 6.57. The van der Waals surface area contributed by atoms with Gasteiger partial charge in [-0.05, 0) is 34.9 Å². The fourth-order valence-corrected chi connectivity index (χ4v) is 2.02. The molecular weight excluding hydrogens is 250 g/mol. The third-order valence-electron chi connectivity index (χ3n) is 2.99. The van der Waals surface area contributed by atoms with Crippen LogP contribution in [0.15, 0.2) is 30.5 Å². The molecular formula is C17H23NO2. The van der Waals surface area contributed by atoms with Gasteiger partial charge >= 0.3 is 0 Å². The van der Waals surface area contributed by atoms with E-state index in [1.807, 2.05) is 12.1 Å². The summed E-state index contributed by atoms with van der Waals surface area (Å²) in [6, 6.07) is 6.20. The summed E-state index contributed by atoms with van der Waals surface area (Å²) in [6.07, 6.45) is 5.88. The minimum absolute atomic E-state index is 0.00638. The first-order valence-electron chi connectivity index (χ1n) is 6.85. The van der Waals surface area contributed by atoms with Crippen molar-refractivity contribution in [3.63, 3.8) is 0 Å². The van der Waals surface area contributed by atoms with Crippen LogP contribution in [0, 0.1) is 0 Å². The van der Waals surface area contributed by atoms with Gasteiger partial charge in [-0.1, -0.05) is 37.8 Å². The SMILES string of the molecule is C=C(C=c1c(CCNC(C)=O)cccc1=CCC)OC. The number of ether oxygens (including phenoxy) is 1. The Hall–Kier alpha value is -2.03. The summed E-state index contributed by atoms with van der Waals surface area (Å²) in [5.74, 6) is 0.621. The van der Waals surface area contributed by atoms with Crippen molar-refractivity contribution in [3.8, 4) is 0 Å². The monoisotopic (exact) mass is 273 g/mol. The van der Waals surface area contributed by atoms with Crippen molar-refractivity contribution >= 4 is 18.1 Å². The van der Waals surface area contributed by atoms with Crippen LogP contribution in [0.1, 0.15) is 25.8 Å². The van der Waals surface area contributed by atoms with Gasteiger partial charge in [0.05, 0.1) is 7.11 Å². The fraction of sp³-hybridized carbons (Fsp3) is 0.353. The van der Waals surface area contributed by atoms with E-state index in [4.69, 9.17) is 4.74 Å². The molecule has 0 unspecified atom stereocenters. The minimum atomic E-state index is -0.00638. The van der Waals surface area contributed by atoms with Crippen LogP contribution in [-0.4, -0.2) is 19.6 Å². The van der Waals surface area contributed by atoms with Gasteiger partial charge in [-0.2, -0.15) is 0 Å². The number of amides is 1. The average molecular weight is 273 g/mol. The number of carbonyl (C=O) groups excluding carboxylic acids is 1. The summed E-state index contributed by atoms with van der Waals surface area (Å²) >= 11 is 0. The Morgan fingerprint density at radius 1 is 1.45 bits per heavy atom. The summed E-state index contributed by atoms with van der Waals surface area (Å²) in [5, 5.41) is 5.11. The van der Waals surface area contributed by atoms with Crippen LogP contribution in [0.25, 0.3) is 12.2 Å². The summed E-state index contributed by atoms with van der Waals surface area (Å²) in [5.41, 5.74) is 1.18. The molecule has 0 atom stereocenters. The minimum Gasteiger partial charge on any atom is -0.497 e. The number of methoxy groups -OCH3 is 1. The highest BCUT2D eigenvalue weighted by molar-refractivity contribution is 5.72. The number of nitrogens with one attached hydrogen (secondary N) is 1. The van der Waals surface area contributed by atoms with E-state index in [-0.39, 0.29) is 5.91 Å². The molecule has 0 bridgehead atoms. The van der Waals surface area contributed by atoms with Crippen molar-refractivity contribution in [3.05, 3.63) is 46.5 Å². The highest BCUT2D eigenvalue weighted by Crippen LogP contribution is 1.95. The standard InChI is InChI=1S/C17H23NO2/c1-5-7-15-8-6-9-16(10-11-18-14(3)19)17(15)12-13(2)20-4/h6-9,12H,2,5,10-11H2,1,3-4H3,(H,18,19). The lowest BCUT2D eigenvalue weighted by Gasteiger charge is -2.06. The van der Waals surface area contributed by atoms with E-state index in [1.54, 1.807) is 7.11 Å². The van der Waals surface area contributed by atoms with E-state index in [2.05, 4.69) is 37.0 Å². The van der Waals surface area contributed by atoms with Crippen LogP contribution in [0.3, 0.4) is 0 Å². The van der Waals surface area contributed by atoms with Crippen molar-refractivity contribution in [1.82, 2.24) is 5.32 Å². The largest absolute Gasteiger partial charge is 0.497 e. The molecule has 1 amide bonds. The molecule has 3 heteroatoms. The van der Waals surface area contributed by atoms with Gasteiger partial charge in [-0.3, -0.25) is 4.79 Å². The predicted octanol–water partition coefficient (Wildman–Crippen LogP) is 1.50. The van der Waals surface area contributed by atoms with E-state index in [0.717, 1.165) is 18.1 Å². The maximum absolute atomic E-state index is 11.0. The molecule has 0 spiro atoms. The van der Waals surface area contributed by atoms with E-state index in [1.165, 1.54) is 17.7 Å². The highest BCUT2D eigenvalue weighted by Gasteiger charge is 1.99. The van der Waals surface area contributed by atoms with E-state index >= 15 is 0 Å². The van der Waals surface area contributed by atoms with Gasteiger partial charge in [0.15, 0.2) is 0 Å². The number of benzene rings is 1. The van der Waals surface area contributed by atoms with E-state index < -0.39 is 0 Å². The zero-order valence-electron chi connectivity index (χ0n) is 12.5. The number of carbonyl (C=O) groups is 1. The first-order valence-corrected chi connectivity index (χ1v) is 6.85. The molecule has 0 aliphatic rings. The molecule has 1 aromatic carbocycles. The first-order chi connectivity index (χ1) is 9.58. The smallest absolute Gasteiger partial charge is 0.216 e. The summed E-state index contributed by atoms with van der Waals surface area (Å²) in [7, 11) is 1.61. The van der Waals surface area contributed by atoms with Crippen molar-refractivity contribution in [2.45, 2.75) is 26.7 Å². The Morgan fingerprint density at radius 2 is 2.20 bits per heavy atom. The second-order valence-electron chi connectivity index (χ2n) is 4.58. The molecule has 1 rings (SSSR count). The topological polar surface area (TPSA) is 38.3 Å². The maximum atomic E-state index is 11.0. The lowest BCUT2D eigenvalue weighted by Crippen LogP contribution is -2.31. The molecule has 0 aromatic heterocycles. The van der Waals surface area contributed by atoms with Gasteiger partial charge in [-0.15, -0.1) is 0 Å². The lowest BCUT2D eigenvalue weighted by molar-refractivity contribution is -0.118. The van der Waals surface area contributed by atoms with Gasteiger partial charge in [-0.25, -0.2) is 0 Å². The van der Waals surface area contributed by atoms with Gasteiger partial charge in [0.1, 0.15) is 5.76 Å². The Bertz CT molecular complexity index is 587. The molecule has 0 saturated carbocycles. The summed E-state index contributed by atoms with van der Waals surface area (Å²) < 4.78 is 5.15. The molecule has 0 saturated heterocycles. The van der Waals surface area contributed by atoms with Gasteiger partial charge < -0.3 is 10.1 Å². The molecule has 0 fully saturated rings. The second-order valence-corrected chi connectivity index (χ2v) is 4.58. The quantitative estimate of drug-likeness (QED) is 0.798. The van der Waals surface area contributed by atoms with Crippen LogP contribution < -0.4 is 15.8 Å². The molecule has 0 heterocycles. The Balaban J connectivity index is 3.19. The number of hydrogen-bond acceptors (Lipinski definition) is 2. The maximum Gasteiger partial charge on any atom is 0.216 e. The van der Waals surface area contributed by atoms with Gasteiger partial charge in [0.25, 0.3) is 0 Å². The van der Waals surface area contributed by atoms with Crippen molar-refractivity contribution in [1.29, 1.82) is 0 Å². The molecule has 1 N–H and O–H groups in total. The fourth-order valence-electron chi connectivity index (χ4n) is 2.02. The molecule has 0 aliphatic heterocycles. The van der Waals surface area contributed by atoms with Crippen LogP contribution in [-0.2, 0) is 16.0 Å². The van der Waals surface area contributed by atoms with Crippen molar-refractivity contribution in [2.75, 3.05) is 13.7 Å². The molecule has 108 valence electrons. The third-order valence-corrected chi connectivity index (χ3v) is 2.99. The van der Waals surface area contributed by atoms with Crippen LogP contribution in [0.2, 0.25) is 0 Å². The van der Waals surface area contributed by atoms with E-state index in [9.17, 15) is 4.79 Å². The Morgan fingerprint density at radius 3 is 2.80 bits per heavy atom. The summed E-state index contributed by atoms with van der Waals surface area (Å²) in [6.45, 7) is 8.13. The highest BCUT2D eigenvalue weighted by atomic mass is 16.5.